The number of rotatable bonds is 2. The van der Waals surface area contributed by atoms with E-state index in [9.17, 15) is 9.90 Å². The summed E-state index contributed by atoms with van der Waals surface area (Å²) < 4.78 is 0. The first-order valence-corrected chi connectivity index (χ1v) is 5.80. The Bertz CT molecular complexity index is 267. The Morgan fingerprint density at radius 2 is 2.13 bits per heavy atom. The monoisotopic (exact) mass is 209 g/mol. The van der Waals surface area contributed by atoms with E-state index in [4.69, 9.17) is 0 Å². The lowest BCUT2D eigenvalue weighted by atomic mass is 10.0. The van der Waals surface area contributed by atoms with Gasteiger partial charge in [-0.15, -0.1) is 0 Å². The summed E-state index contributed by atoms with van der Waals surface area (Å²) in [5.74, 6) is 0.820. The van der Waals surface area contributed by atoms with E-state index in [1.165, 1.54) is 0 Å². The summed E-state index contributed by atoms with van der Waals surface area (Å²) in [5.41, 5.74) is 0. The molecule has 15 heavy (non-hydrogen) atoms. The van der Waals surface area contributed by atoms with E-state index in [1.807, 2.05) is 4.90 Å². The molecule has 1 saturated heterocycles. The molecule has 1 N–H and O–H groups in total. The summed E-state index contributed by atoms with van der Waals surface area (Å²) in [5, 5.41) is 9.29. The maximum atomic E-state index is 12.1. The molecule has 1 fully saturated rings. The van der Waals surface area contributed by atoms with Crippen LogP contribution in [-0.2, 0) is 4.79 Å². The predicted molar refractivity (Wildman–Crippen MR) is 58.2 cm³/mol. The van der Waals surface area contributed by atoms with Crippen LogP contribution in [0.2, 0.25) is 0 Å². The molecule has 2 atom stereocenters. The van der Waals surface area contributed by atoms with Gasteiger partial charge in [-0.25, -0.2) is 0 Å². The average Bonchev–Trinajstić information content (AvgIpc) is 2.85. The van der Waals surface area contributed by atoms with Crippen LogP contribution in [0.25, 0.3) is 0 Å². The third kappa shape index (κ3) is 1.93. The topological polar surface area (TPSA) is 40.5 Å². The van der Waals surface area contributed by atoms with Crippen LogP contribution in [0, 0.1) is 11.8 Å². The van der Waals surface area contributed by atoms with Gasteiger partial charge in [-0.1, -0.05) is 19.1 Å². The Morgan fingerprint density at radius 1 is 1.47 bits per heavy atom. The lowest BCUT2D eigenvalue weighted by molar-refractivity contribution is -0.137. The van der Waals surface area contributed by atoms with Crippen LogP contribution in [0.5, 0.6) is 0 Å². The summed E-state index contributed by atoms with van der Waals surface area (Å²) in [4.78, 5) is 14.0. The second kappa shape index (κ2) is 4.35. The van der Waals surface area contributed by atoms with E-state index in [0.717, 1.165) is 25.8 Å². The van der Waals surface area contributed by atoms with E-state index in [2.05, 4.69) is 19.1 Å². The van der Waals surface area contributed by atoms with Gasteiger partial charge in [0.25, 0.3) is 0 Å². The van der Waals surface area contributed by atoms with Crippen molar-refractivity contribution in [3.63, 3.8) is 0 Å². The molecule has 0 saturated carbocycles. The van der Waals surface area contributed by atoms with Gasteiger partial charge in [-0.2, -0.15) is 0 Å². The number of hydrogen-bond donors (Lipinski definition) is 1. The van der Waals surface area contributed by atoms with Crippen molar-refractivity contribution in [1.29, 1.82) is 0 Å². The smallest absolute Gasteiger partial charge is 0.226 e. The fraction of sp³-hybridized carbons (Fsp3) is 0.750. The maximum absolute atomic E-state index is 12.1. The Balaban J connectivity index is 2.00. The van der Waals surface area contributed by atoms with Gasteiger partial charge in [0, 0.05) is 12.5 Å². The fourth-order valence-electron chi connectivity index (χ4n) is 2.61. The summed E-state index contributed by atoms with van der Waals surface area (Å²) >= 11 is 0. The van der Waals surface area contributed by atoms with Crippen LogP contribution in [0.3, 0.4) is 0 Å². The van der Waals surface area contributed by atoms with Crippen molar-refractivity contribution in [2.24, 2.45) is 11.8 Å². The van der Waals surface area contributed by atoms with E-state index in [1.54, 1.807) is 0 Å². The van der Waals surface area contributed by atoms with E-state index in [0.29, 0.717) is 5.92 Å². The highest BCUT2D eigenvalue weighted by Gasteiger charge is 2.36. The third-order valence-corrected chi connectivity index (χ3v) is 3.71. The molecular formula is C12H19NO2. The predicted octanol–water partition coefficient (Wildman–Crippen LogP) is 1.18. The third-order valence-electron chi connectivity index (χ3n) is 3.71. The first-order valence-electron chi connectivity index (χ1n) is 5.80. The number of hydrogen-bond acceptors (Lipinski definition) is 2. The van der Waals surface area contributed by atoms with Gasteiger partial charge in [-0.3, -0.25) is 4.79 Å². The molecule has 0 spiro atoms. The quantitative estimate of drug-likeness (QED) is 0.694. The minimum atomic E-state index is 0.0538. The lowest BCUT2D eigenvalue weighted by Gasteiger charge is -2.27. The molecule has 1 heterocycles. The highest BCUT2D eigenvalue weighted by atomic mass is 16.3. The van der Waals surface area contributed by atoms with Crippen molar-refractivity contribution in [2.75, 3.05) is 13.2 Å². The van der Waals surface area contributed by atoms with Gasteiger partial charge in [0.05, 0.1) is 12.6 Å². The van der Waals surface area contributed by atoms with Gasteiger partial charge in [0.2, 0.25) is 5.91 Å². The lowest BCUT2D eigenvalue weighted by Crippen LogP contribution is -2.42. The molecule has 1 aliphatic heterocycles. The Kier molecular flexibility index (Phi) is 3.10. The highest BCUT2D eigenvalue weighted by molar-refractivity contribution is 5.80. The van der Waals surface area contributed by atoms with Gasteiger partial charge in [-0.05, 0) is 25.2 Å². The molecule has 3 heteroatoms. The summed E-state index contributed by atoms with van der Waals surface area (Å²) in [7, 11) is 0. The molecule has 0 bridgehead atoms. The Morgan fingerprint density at radius 3 is 2.73 bits per heavy atom. The van der Waals surface area contributed by atoms with Crippen LogP contribution in [-0.4, -0.2) is 35.1 Å². The van der Waals surface area contributed by atoms with Gasteiger partial charge in [0.1, 0.15) is 0 Å². The molecule has 0 aromatic carbocycles. The van der Waals surface area contributed by atoms with Crippen LogP contribution in [0.15, 0.2) is 12.2 Å². The number of allylic oxidation sites excluding steroid dienone is 2. The fourth-order valence-corrected chi connectivity index (χ4v) is 2.61. The zero-order valence-electron chi connectivity index (χ0n) is 9.22. The van der Waals surface area contributed by atoms with Crippen molar-refractivity contribution >= 4 is 5.91 Å². The van der Waals surface area contributed by atoms with Crippen molar-refractivity contribution < 1.29 is 9.90 Å². The van der Waals surface area contributed by atoms with Crippen molar-refractivity contribution in [3.05, 3.63) is 12.2 Å². The molecule has 0 radical (unpaired) electrons. The second-order valence-corrected chi connectivity index (χ2v) is 4.69. The molecule has 2 rings (SSSR count). The largest absolute Gasteiger partial charge is 0.394 e. The molecule has 0 aromatic heterocycles. The van der Waals surface area contributed by atoms with Crippen LogP contribution in [0.4, 0.5) is 0 Å². The molecule has 2 aliphatic rings. The molecule has 0 aromatic rings. The van der Waals surface area contributed by atoms with Crippen molar-refractivity contribution in [2.45, 2.75) is 32.2 Å². The summed E-state index contributed by atoms with van der Waals surface area (Å²) in [6.07, 6.45) is 6.94. The molecule has 3 nitrogen and oxygen atoms in total. The normalized spacial score (nSPS) is 31.5. The number of aliphatic hydroxyl groups excluding tert-OH is 1. The van der Waals surface area contributed by atoms with Crippen molar-refractivity contribution in [1.82, 2.24) is 4.90 Å². The van der Waals surface area contributed by atoms with Crippen LogP contribution < -0.4 is 0 Å². The van der Waals surface area contributed by atoms with Crippen molar-refractivity contribution in [3.8, 4) is 0 Å². The SMILES string of the molecule is CC1CCN(C(=O)C2CC=CC2)C1CO. The summed E-state index contributed by atoms with van der Waals surface area (Å²) in [6.45, 7) is 3.04. The first-order chi connectivity index (χ1) is 7.24. The van der Waals surface area contributed by atoms with Crippen LogP contribution >= 0.6 is 0 Å². The van der Waals surface area contributed by atoms with Crippen LogP contribution in [0.1, 0.15) is 26.2 Å². The number of carbonyl (C=O) groups is 1. The zero-order chi connectivity index (χ0) is 10.8. The van der Waals surface area contributed by atoms with Gasteiger partial charge < -0.3 is 10.0 Å². The number of amides is 1. The Labute approximate surface area is 90.8 Å². The molecule has 1 aliphatic carbocycles. The zero-order valence-corrected chi connectivity index (χ0v) is 9.22. The average molecular weight is 209 g/mol. The van der Waals surface area contributed by atoms with E-state index < -0.39 is 0 Å². The number of likely N-dealkylation sites (tertiary alicyclic amines) is 1. The minimum absolute atomic E-state index is 0.0538. The number of aliphatic hydroxyl groups is 1. The van der Waals surface area contributed by atoms with E-state index >= 15 is 0 Å². The summed E-state index contributed by atoms with van der Waals surface area (Å²) in [6, 6.07) is 0.0538. The minimum Gasteiger partial charge on any atom is -0.394 e. The molecule has 2 unspecified atom stereocenters. The van der Waals surface area contributed by atoms with Gasteiger partial charge >= 0.3 is 0 Å². The number of carbonyl (C=O) groups excluding carboxylic acids is 1. The standard InChI is InChI=1S/C12H19NO2/c1-9-6-7-13(11(9)8-14)12(15)10-4-2-3-5-10/h2-3,9-11,14H,4-8H2,1H3. The number of nitrogens with zero attached hydrogens (tertiary/aromatic N) is 1. The first kappa shape index (κ1) is 10.7. The molecule has 1 amide bonds. The van der Waals surface area contributed by atoms with E-state index in [-0.39, 0.29) is 24.5 Å². The molecule has 84 valence electrons. The van der Waals surface area contributed by atoms with Gasteiger partial charge in [0.15, 0.2) is 0 Å². The molecular weight excluding hydrogens is 190 g/mol. The second-order valence-electron chi connectivity index (χ2n) is 4.69. The highest BCUT2D eigenvalue weighted by Crippen LogP contribution is 2.28. The Hall–Kier alpha value is -0.830. The maximum Gasteiger partial charge on any atom is 0.226 e.